The molecule has 0 fully saturated rings. The van der Waals surface area contributed by atoms with Gasteiger partial charge < -0.3 is 19.9 Å². The molecule has 3 aromatic rings. The summed E-state index contributed by atoms with van der Waals surface area (Å²) in [6.07, 6.45) is 3.32. The molecule has 31 heavy (non-hydrogen) atoms. The van der Waals surface area contributed by atoms with Crippen molar-refractivity contribution >= 4 is 29.3 Å². The van der Waals surface area contributed by atoms with Gasteiger partial charge in [-0.05, 0) is 68.8 Å². The van der Waals surface area contributed by atoms with Gasteiger partial charge in [-0.1, -0.05) is 23.8 Å². The highest BCUT2D eigenvalue weighted by Gasteiger charge is 2.09. The van der Waals surface area contributed by atoms with E-state index in [0.717, 1.165) is 22.6 Å². The van der Waals surface area contributed by atoms with E-state index in [9.17, 15) is 9.59 Å². The van der Waals surface area contributed by atoms with Crippen LogP contribution in [0, 0.1) is 20.8 Å². The first-order valence-electron chi connectivity index (χ1n) is 10.0. The zero-order valence-corrected chi connectivity index (χ0v) is 18.2. The molecule has 0 radical (unpaired) electrons. The van der Waals surface area contributed by atoms with Crippen molar-refractivity contribution in [2.24, 2.45) is 0 Å². The maximum atomic E-state index is 12.4. The molecule has 1 aromatic heterocycles. The summed E-state index contributed by atoms with van der Waals surface area (Å²) in [7, 11) is 1.46. The van der Waals surface area contributed by atoms with Crippen molar-refractivity contribution in [3.8, 4) is 5.69 Å². The van der Waals surface area contributed by atoms with Crippen molar-refractivity contribution in [3.05, 3.63) is 83.2 Å². The number of hydrogen-bond donors (Lipinski definition) is 2. The van der Waals surface area contributed by atoms with Crippen LogP contribution in [-0.2, 0) is 14.3 Å². The minimum atomic E-state index is -0.255. The highest BCUT2D eigenvalue weighted by atomic mass is 16.5. The monoisotopic (exact) mass is 417 g/mol. The second-order valence-corrected chi connectivity index (χ2v) is 7.38. The van der Waals surface area contributed by atoms with E-state index in [2.05, 4.69) is 52.5 Å². The van der Waals surface area contributed by atoms with E-state index in [4.69, 9.17) is 4.74 Å². The van der Waals surface area contributed by atoms with Gasteiger partial charge in [0, 0.05) is 41.6 Å². The van der Waals surface area contributed by atoms with Crippen LogP contribution in [-0.4, -0.2) is 30.1 Å². The number of aryl methyl sites for hydroxylation is 2. The van der Waals surface area contributed by atoms with Gasteiger partial charge in [0.25, 0.3) is 0 Å². The number of carbonyl (C=O) groups is 2. The number of methoxy groups -OCH3 is 1. The van der Waals surface area contributed by atoms with Gasteiger partial charge in [0.2, 0.25) is 11.8 Å². The highest BCUT2D eigenvalue weighted by Crippen LogP contribution is 2.22. The number of nitrogens with zero attached hydrogens (tertiary/aromatic N) is 1. The second-order valence-electron chi connectivity index (χ2n) is 7.38. The summed E-state index contributed by atoms with van der Waals surface area (Å²) >= 11 is 0. The molecule has 0 saturated carbocycles. The summed E-state index contributed by atoms with van der Waals surface area (Å²) in [5.74, 6) is -0.504. The Labute approximate surface area is 182 Å². The lowest BCUT2D eigenvalue weighted by molar-refractivity contribution is -0.119. The predicted octanol–water partition coefficient (Wildman–Crippen LogP) is 4.64. The standard InChI is InChI=1S/C25H27N3O3/c1-17-8-11-23(12-9-17)28-18(2)14-20(19(28)3)10-13-24(29)26-21-6-5-7-22(15-21)27-25(30)16-31-4/h5-15H,16H2,1-4H3,(H,26,29)(H,27,30)/b13-10+. The third-order valence-corrected chi connectivity index (χ3v) is 4.87. The van der Waals surface area contributed by atoms with Crippen LogP contribution >= 0.6 is 0 Å². The molecule has 2 aromatic carbocycles. The number of amides is 2. The molecule has 6 heteroatoms. The van der Waals surface area contributed by atoms with Crippen LogP contribution in [0.1, 0.15) is 22.5 Å². The molecule has 3 rings (SSSR count). The molecule has 2 N–H and O–H groups in total. The van der Waals surface area contributed by atoms with E-state index in [0.29, 0.717) is 11.4 Å². The quantitative estimate of drug-likeness (QED) is 0.550. The van der Waals surface area contributed by atoms with Crippen LogP contribution in [0.4, 0.5) is 11.4 Å². The Morgan fingerprint density at radius 2 is 1.65 bits per heavy atom. The predicted molar refractivity (Wildman–Crippen MR) is 125 cm³/mol. The van der Waals surface area contributed by atoms with Crippen molar-refractivity contribution < 1.29 is 14.3 Å². The van der Waals surface area contributed by atoms with Gasteiger partial charge in [0.15, 0.2) is 0 Å². The fourth-order valence-electron chi connectivity index (χ4n) is 3.40. The summed E-state index contributed by atoms with van der Waals surface area (Å²) in [4.78, 5) is 24.1. The maximum Gasteiger partial charge on any atom is 0.250 e. The summed E-state index contributed by atoms with van der Waals surface area (Å²) in [5, 5.41) is 5.54. The largest absolute Gasteiger partial charge is 0.375 e. The zero-order chi connectivity index (χ0) is 22.4. The molecule has 160 valence electrons. The van der Waals surface area contributed by atoms with Crippen LogP contribution in [0.3, 0.4) is 0 Å². The minimum Gasteiger partial charge on any atom is -0.375 e. The molecule has 0 unspecified atom stereocenters. The highest BCUT2D eigenvalue weighted by molar-refractivity contribution is 6.02. The lowest BCUT2D eigenvalue weighted by Gasteiger charge is -2.10. The number of nitrogens with one attached hydrogen (secondary N) is 2. The number of aromatic nitrogens is 1. The molecule has 2 amide bonds. The summed E-state index contributed by atoms with van der Waals surface area (Å²) < 4.78 is 6.97. The normalized spacial score (nSPS) is 11.0. The van der Waals surface area contributed by atoms with Crippen molar-refractivity contribution in [2.45, 2.75) is 20.8 Å². The van der Waals surface area contributed by atoms with Crippen LogP contribution < -0.4 is 10.6 Å². The molecule has 1 heterocycles. The SMILES string of the molecule is COCC(=O)Nc1cccc(NC(=O)/C=C/c2cc(C)n(-c3ccc(C)cc3)c2C)c1. The van der Waals surface area contributed by atoms with Gasteiger partial charge in [0.05, 0.1) is 0 Å². The Morgan fingerprint density at radius 1 is 0.968 bits per heavy atom. The molecule has 6 nitrogen and oxygen atoms in total. The summed E-state index contributed by atoms with van der Waals surface area (Å²) in [6.45, 7) is 6.12. The summed E-state index contributed by atoms with van der Waals surface area (Å²) in [6, 6.07) is 17.4. The third kappa shape index (κ3) is 5.71. The molecule has 0 bridgehead atoms. The number of rotatable bonds is 7. The fraction of sp³-hybridized carbons (Fsp3) is 0.200. The van der Waals surface area contributed by atoms with Gasteiger partial charge >= 0.3 is 0 Å². The van der Waals surface area contributed by atoms with E-state index in [1.54, 1.807) is 24.3 Å². The number of carbonyl (C=O) groups excluding carboxylic acids is 2. The van der Waals surface area contributed by atoms with Gasteiger partial charge in [0.1, 0.15) is 6.61 Å². The van der Waals surface area contributed by atoms with E-state index in [1.807, 2.05) is 19.9 Å². The molecule has 0 saturated heterocycles. The van der Waals surface area contributed by atoms with Gasteiger partial charge in [-0.25, -0.2) is 0 Å². The smallest absolute Gasteiger partial charge is 0.250 e. The molecule has 0 spiro atoms. The first-order valence-corrected chi connectivity index (χ1v) is 10.0. The second kappa shape index (κ2) is 9.91. The van der Waals surface area contributed by atoms with Crippen LogP contribution in [0.15, 0.2) is 60.7 Å². The molecular formula is C25H27N3O3. The maximum absolute atomic E-state index is 12.4. The lowest BCUT2D eigenvalue weighted by atomic mass is 10.2. The average Bonchev–Trinajstić information content (AvgIpc) is 3.01. The topological polar surface area (TPSA) is 72.4 Å². The first kappa shape index (κ1) is 22.1. The Hall–Kier alpha value is -3.64. The van der Waals surface area contributed by atoms with Gasteiger partial charge in [-0.15, -0.1) is 0 Å². The Kier molecular flexibility index (Phi) is 7.05. The van der Waals surface area contributed by atoms with Crippen molar-refractivity contribution in [3.63, 3.8) is 0 Å². The Balaban J connectivity index is 1.70. The van der Waals surface area contributed by atoms with Crippen LogP contribution in [0.25, 0.3) is 11.8 Å². The molecule has 0 aliphatic rings. The van der Waals surface area contributed by atoms with E-state index in [-0.39, 0.29) is 18.4 Å². The Morgan fingerprint density at radius 3 is 2.32 bits per heavy atom. The number of ether oxygens (including phenoxy) is 1. The Bertz CT molecular complexity index is 1110. The number of benzene rings is 2. The van der Waals surface area contributed by atoms with Crippen LogP contribution in [0.5, 0.6) is 0 Å². The average molecular weight is 418 g/mol. The van der Waals surface area contributed by atoms with Crippen LogP contribution in [0.2, 0.25) is 0 Å². The minimum absolute atomic E-state index is 0.0275. The van der Waals surface area contributed by atoms with Gasteiger partial charge in [-0.3, -0.25) is 9.59 Å². The van der Waals surface area contributed by atoms with E-state index >= 15 is 0 Å². The van der Waals surface area contributed by atoms with Gasteiger partial charge in [-0.2, -0.15) is 0 Å². The molecule has 0 aliphatic carbocycles. The fourth-order valence-corrected chi connectivity index (χ4v) is 3.40. The molecule has 0 atom stereocenters. The molecular weight excluding hydrogens is 390 g/mol. The van der Waals surface area contributed by atoms with E-state index in [1.165, 1.54) is 18.7 Å². The zero-order valence-electron chi connectivity index (χ0n) is 18.2. The van der Waals surface area contributed by atoms with E-state index < -0.39 is 0 Å². The lowest BCUT2D eigenvalue weighted by Crippen LogP contribution is -2.17. The number of anilines is 2. The number of hydrogen-bond acceptors (Lipinski definition) is 3. The third-order valence-electron chi connectivity index (χ3n) is 4.87. The van der Waals surface area contributed by atoms with Crippen molar-refractivity contribution in [1.82, 2.24) is 4.57 Å². The van der Waals surface area contributed by atoms with Crippen molar-refractivity contribution in [1.29, 1.82) is 0 Å². The van der Waals surface area contributed by atoms with Crippen molar-refractivity contribution in [2.75, 3.05) is 24.4 Å². The molecule has 0 aliphatic heterocycles. The summed E-state index contributed by atoms with van der Waals surface area (Å²) in [5.41, 5.74) is 6.63. The first-order chi connectivity index (χ1) is 14.9.